The molecule has 102 valence electrons. The number of hydrogen-bond donors (Lipinski definition) is 2. The zero-order valence-electron chi connectivity index (χ0n) is 10.8. The normalized spacial score (nSPS) is 12.6. The van der Waals surface area contributed by atoms with E-state index < -0.39 is 0 Å². The zero-order chi connectivity index (χ0) is 13.7. The van der Waals surface area contributed by atoms with Gasteiger partial charge in [0.1, 0.15) is 0 Å². The second kappa shape index (κ2) is 6.79. The van der Waals surface area contributed by atoms with E-state index in [1.165, 1.54) is 5.56 Å². The highest BCUT2D eigenvalue weighted by molar-refractivity contribution is 9.10. The first-order valence-electron chi connectivity index (χ1n) is 6.18. The summed E-state index contributed by atoms with van der Waals surface area (Å²) in [6, 6.07) is 8.46. The lowest BCUT2D eigenvalue weighted by molar-refractivity contribution is 0.268. The molecule has 1 aromatic heterocycles. The van der Waals surface area contributed by atoms with Crippen molar-refractivity contribution in [1.29, 1.82) is 0 Å². The molecule has 0 spiro atoms. The van der Waals surface area contributed by atoms with Gasteiger partial charge < -0.3 is 10.4 Å². The average Bonchev–Trinajstić information content (AvgIpc) is 2.84. The van der Waals surface area contributed by atoms with Gasteiger partial charge in [-0.25, -0.2) is 4.68 Å². The molecule has 5 nitrogen and oxygen atoms in total. The minimum absolute atomic E-state index is 0.0741. The van der Waals surface area contributed by atoms with Crippen LogP contribution in [0.15, 0.2) is 34.9 Å². The van der Waals surface area contributed by atoms with E-state index in [0.717, 1.165) is 10.2 Å². The van der Waals surface area contributed by atoms with Crippen LogP contribution < -0.4 is 5.32 Å². The summed E-state index contributed by atoms with van der Waals surface area (Å²) in [5.41, 5.74) is 2.09. The van der Waals surface area contributed by atoms with E-state index in [2.05, 4.69) is 50.6 Å². The number of rotatable bonds is 6. The monoisotopic (exact) mass is 324 g/mol. The summed E-state index contributed by atoms with van der Waals surface area (Å²) in [5, 5.41) is 20.2. The number of nitrogens with zero attached hydrogens (tertiary/aromatic N) is 3. The number of aliphatic hydroxyl groups is 1. The predicted octanol–water partition coefficient (Wildman–Crippen LogP) is 1.88. The van der Waals surface area contributed by atoms with Crippen molar-refractivity contribution in [3.8, 4) is 0 Å². The van der Waals surface area contributed by atoms with E-state index in [-0.39, 0.29) is 12.6 Å². The van der Waals surface area contributed by atoms with Crippen molar-refractivity contribution in [2.24, 2.45) is 0 Å². The van der Waals surface area contributed by atoms with Crippen molar-refractivity contribution in [1.82, 2.24) is 20.3 Å². The van der Waals surface area contributed by atoms with Crippen LogP contribution in [-0.2, 0) is 13.1 Å². The second-order valence-corrected chi connectivity index (χ2v) is 5.27. The van der Waals surface area contributed by atoms with Gasteiger partial charge in [0.2, 0.25) is 0 Å². The highest BCUT2D eigenvalue weighted by atomic mass is 79.9. The lowest BCUT2D eigenvalue weighted by Crippen LogP contribution is -2.18. The van der Waals surface area contributed by atoms with E-state index in [4.69, 9.17) is 5.11 Å². The molecule has 2 N–H and O–H groups in total. The molecule has 0 saturated carbocycles. The Morgan fingerprint density at radius 1 is 1.47 bits per heavy atom. The Bertz CT molecular complexity index is 529. The van der Waals surface area contributed by atoms with Gasteiger partial charge in [-0.2, -0.15) is 0 Å². The fourth-order valence-electron chi connectivity index (χ4n) is 1.78. The molecule has 0 fully saturated rings. The molecule has 1 heterocycles. The summed E-state index contributed by atoms with van der Waals surface area (Å²) in [5.74, 6) is 0. The van der Waals surface area contributed by atoms with Gasteiger partial charge in [-0.3, -0.25) is 0 Å². The molecule has 1 atom stereocenters. The molecular weight excluding hydrogens is 308 g/mol. The lowest BCUT2D eigenvalue weighted by atomic mass is 10.1. The summed E-state index contributed by atoms with van der Waals surface area (Å²) < 4.78 is 2.72. The fraction of sp³-hybridized carbons (Fsp3) is 0.385. The van der Waals surface area contributed by atoms with E-state index in [9.17, 15) is 0 Å². The molecule has 2 rings (SSSR count). The summed E-state index contributed by atoms with van der Waals surface area (Å²) >= 11 is 3.47. The number of halogens is 1. The van der Waals surface area contributed by atoms with Gasteiger partial charge in [0.15, 0.2) is 0 Å². The number of aromatic nitrogens is 3. The van der Waals surface area contributed by atoms with E-state index >= 15 is 0 Å². The minimum Gasteiger partial charge on any atom is -0.394 e. The molecule has 0 aliphatic rings. The molecule has 0 radical (unpaired) electrons. The van der Waals surface area contributed by atoms with Crippen LogP contribution in [0.25, 0.3) is 0 Å². The Labute approximate surface area is 120 Å². The van der Waals surface area contributed by atoms with Crippen molar-refractivity contribution in [2.45, 2.75) is 26.1 Å². The van der Waals surface area contributed by atoms with Crippen molar-refractivity contribution < 1.29 is 5.11 Å². The maximum absolute atomic E-state index is 8.81. The van der Waals surface area contributed by atoms with Crippen LogP contribution >= 0.6 is 15.9 Å². The maximum atomic E-state index is 8.81. The third-order valence-corrected chi connectivity index (χ3v) is 3.35. The highest BCUT2D eigenvalue weighted by Crippen LogP contribution is 2.17. The Balaban J connectivity index is 1.90. The molecule has 1 unspecified atom stereocenters. The molecule has 2 aromatic rings. The number of nitrogens with one attached hydrogen (secondary N) is 1. The predicted molar refractivity (Wildman–Crippen MR) is 76.5 cm³/mol. The first-order chi connectivity index (χ1) is 9.19. The van der Waals surface area contributed by atoms with Gasteiger partial charge in [-0.15, -0.1) is 5.10 Å². The summed E-state index contributed by atoms with van der Waals surface area (Å²) in [4.78, 5) is 0. The molecule has 1 aromatic carbocycles. The molecule has 0 aliphatic heterocycles. The van der Waals surface area contributed by atoms with E-state index in [1.807, 2.05) is 18.3 Å². The summed E-state index contributed by atoms with van der Waals surface area (Å²) in [6.45, 7) is 3.32. The third kappa shape index (κ3) is 4.12. The molecule has 0 aliphatic carbocycles. The third-order valence-electron chi connectivity index (χ3n) is 2.85. The van der Waals surface area contributed by atoms with Crippen molar-refractivity contribution in [3.05, 3.63) is 46.2 Å². The van der Waals surface area contributed by atoms with Gasteiger partial charge in [0.05, 0.1) is 18.8 Å². The smallest absolute Gasteiger partial charge is 0.0965 e. The standard InChI is InChI=1S/C13H17BrN4O/c1-10(11-3-2-4-12(14)7-11)15-8-13-9-18(5-6-19)17-16-13/h2-4,7,9-10,15,19H,5-6,8H2,1H3. The van der Waals surface area contributed by atoms with Gasteiger partial charge in [0.25, 0.3) is 0 Å². The van der Waals surface area contributed by atoms with Crippen molar-refractivity contribution in [3.63, 3.8) is 0 Å². The van der Waals surface area contributed by atoms with Crippen LogP contribution in [-0.4, -0.2) is 26.7 Å². The van der Waals surface area contributed by atoms with Crippen LogP contribution in [0.4, 0.5) is 0 Å². The summed E-state index contributed by atoms with van der Waals surface area (Å²) in [7, 11) is 0. The topological polar surface area (TPSA) is 63.0 Å². The Kier molecular flexibility index (Phi) is 5.07. The molecule has 19 heavy (non-hydrogen) atoms. The second-order valence-electron chi connectivity index (χ2n) is 4.35. The minimum atomic E-state index is 0.0741. The Morgan fingerprint density at radius 2 is 2.32 bits per heavy atom. The maximum Gasteiger partial charge on any atom is 0.0965 e. The Morgan fingerprint density at radius 3 is 3.05 bits per heavy atom. The Hall–Kier alpha value is -1.24. The SMILES string of the molecule is CC(NCc1cn(CCO)nn1)c1cccc(Br)c1. The summed E-state index contributed by atoms with van der Waals surface area (Å²) in [6.07, 6.45) is 1.84. The number of benzene rings is 1. The first kappa shape index (κ1) is 14.2. The van der Waals surface area contributed by atoms with Gasteiger partial charge in [0, 0.05) is 23.3 Å². The molecular formula is C13H17BrN4O. The average molecular weight is 325 g/mol. The lowest BCUT2D eigenvalue weighted by Gasteiger charge is -2.13. The number of aliphatic hydroxyl groups excluding tert-OH is 1. The van der Waals surface area contributed by atoms with Crippen LogP contribution in [0.1, 0.15) is 24.2 Å². The van der Waals surface area contributed by atoms with Gasteiger partial charge >= 0.3 is 0 Å². The quantitative estimate of drug-likeness (QED) is 0.851. The van der Waals surface area contributed by atoms with Crippen molar-refractivity contribution in [2.75, 3.05) is 6.61 Å². The fourth-order valence-corrected chi connectivity index (χ4v) is 2.20. The van der Waals surface area contributed by atoms with E-state index in [0.29, 0.717) is 13.1 Å². The molecule has 0 bridgehead atoms. The van der Waals surface area contributed by atoms with Crippen LogP contribution in [0.3, 0.4) is 0 Å². The highest BCUT2D eigenvalue weighted by Gasteiger charge is 2.07. The van der Waals surface area contributed by atoms with Crippen LogP contribution in [0.5, 0.6) is 0 Å². The van der Waals surface area contributed by atoms with E-state index in [1.54, 1.807) is 4.68 Å². The largest absolute Gasteiger partial charge is 0.394 e. The molecule has 0 amide bonds. The zero-order valence-corrected chi connectivity index (χ0v) is 12.3. The first-order valence-corrected chi connectivity index (χ1v) is 6.97. The van der Waals surface area contributed by atoms with Gasteiger partial charge in [-0.1, -0.05) is 33.3 Å². The molecule has 0 saturated heterocycles. The number of hydrogen-bond acceptors (Lipinski definition) is 4. The van der Waals surface area contributed by atoms with Crippen molar-refractivity contribution >= 4 is 15.9 Å². The van der Waals surface area contributed by atoms with Crippen LogP contribution in [0, 0.1) is 0 Å². The van der Waals surface area contributed by atoms with Gasteiger partial charge in [-0.05, 0) is 24.6 Å². The van der Waals surface area contributed by atoms with Crippen LogP contribution in [0.2, 0.25) is 0 Å². The molecule has 6 heteroatoms.